The maximum atomic E-state index is 11.7. The highest BCUT2D eigenvalue weighted by molar-refractivity contribution is 5.94. The van der Waals surface area contributed by atoms with E-state index in [2.05, 4.69) is 9.47 Å². The summed E-state index contributed by atoms with van der Waals surface area (Å²) in [5.41, 5.74) is -0.778. The summed E-state index contributed by atoms with van der Waals surface area (Å²) in [4.78, 5) is 45.2. The molecule has 0 aliphatic heterocycles. The molecule has 0 saturated carbocycles. The molecule has 7 heteroatoms. The molecule has 1 atom stereocenters. The van der Waals surface area contributed by atoms with Crippen LogP contribution in [0, 0.1) is 5.41 Å². The van der Waals surface area contributed by atoms with Crippen molar-refractivity contribution in [2.75, 3.05) is 6.61 Å². The van der Waals surface area contributed by atoms with E-state index >= 15 is 0 Å². The van der Waals surface area contributed by atoms with Gasteiger partial charge in [-0.05, 0) is 6.92 Å². The molecule has 0 amide bonds. The Morgan fingerprint density at radius 3 is 2.00 bits per heavy atom. The number of carbonyl (C=O) groups excluding carboxylic acids is 4. The van der Waals surface area contributed by atoms with Crippen molar-refractivity contribution >= 4 is 23.9 Å². The second kappa shape index (κ2) is 8.18. The smallest absolute Gasteiger partial charge is 0.355 e. The standard InChI is InChI=1S/C14H20O7/c1-6-19-10(16)7-8-11(17)21-12(14(3,4)5)13(18)20-9(2)15/h7-8,12H,6H2,1-5H3/b8-7+. The van der Waals surface area contributed by atoms with Crippen LogP contribution in [-0.4, -0.2) is 36.6 Å². The number of hydrogen-bond acceptors (Lipinski definition) is 7. The maximum absolute atomic E-state index is 11.7. The summed E-state index contributed by atoms with van der Waals surface area (Å²) < 4.78 is 14.0. The van der Waals surface area contributed by atoms with Crippen LogP contribution >= 0.6 is 0 Å². The monoisotopic (exact) mass is 300 g/mol. The number of rotatable bonds is 5. The van der Waals surface area contributed by atoms with Crippen molar-refractivity contribution in [2.45, 2.75) is 40.7 Å². The fourth-order valence-electron chi connectivity index (χ4n) is 1.26. The number of carbonyl (C=O) groups is 4. The van der Waals surface area contributed by atoms with Crippen molar-refractivity contribution < 1.29 is 33.4 Å². The molecule has 0 heterocycles. The summed E-state index contributed by atoms with van der Waals surface area (Å²) in [6.07, 6.45) is 0.459. The predicted molar refractivity (Wildman–Crippen MR) is 71.9 cm³/mol. The number of ether oxygens (including phenoxy) is 3. The lowest BCUT2D eigenvalue weighted by atomic mass is 9.89. The molecule has 118 valence electrons. The van der Waals surface area contributed by atoms with Crippen LogP contribution in [0.25, 0.3) is 0 Å². The van der Waals surface area contributed by atoms with Gasteiger partial charge in [-0.1, -0.05) is 20.8 Å². The van der Waals surface area contributed by atoms with Crippen molar-refractivity contribution in [3.63, 3.8) is 0 Å². The van der Waals surface area contributed by atoms with Crippen LogP contribution in [0.2, 0.25) is 0 Å². The highest BCUT2D eigenvalue weighted by Gasteiger charge is 2.36. The Kier molecular flexibility index (Phi) is 7.33. The van der Waals surface area contributed by atoms with Crippen LogP contribution in [0.3, 0.4) is 0 Å². The zero-order valence-corrected chi connectivity index (χ0v) is 12.8. The molecule has 0 aromatic rings. The quantitative estimate of drug-likeness (QED) is 0.325. The van der Waals surface area contributed by atoms with E-state index in [-0.39, 0.29) is 6.61 Å². The first-order chi connectivity index (χ1) is 9.57. The number of hydrogen-bond donors (Lipinski definition) is 0. The molecule has 0 spiro atoms. The van der Waals surface area contributed by atoms with Crippen molar-refractivity contribution in [3.8, 4) is 0 Å². The van der Waals surface area contributed by atoms with Gasteiger partial charge in [0.05, 0.1) is 6.61 Å². The molecule has 1 unspecified atom stereocenters. The van der Waals surface area contributed by atoms with E-state index in [4.69, 9.17) is 4.74 Å². The first-order valence-electron chi connectivity index (χ1n) is 6.35. The Morgan fingerprint density at radius 2 is 1.57 bits per heavy atom. The van der Waals surface area contributed by atoms with Crippen LogP contribution in [0.5, 0.6) is 0 Å². The summed E-state index contributed by atoms with van der Waals surface area (Å²) >= 11 is 0. The van der Waals surface area contributed by atoms with E-state index in [9.17, 15) is 19.2 Å². The summed E-state index contributed by atoms with van der Waals surface area (Å²) in [5, 5.41) is 0. The normalized spacial score (nSPS) is 12.6. The Labute approximate surface area is 123 Å². The molecule has 0 fully saturated rings. The van der Waals surface area contributed by atoms with E-state index in [1.54, 1.807) is 27.7 Å². The largest absolute Gasteiger partial charge is 0.463 e. The Morgan fingerprint density at radius 1 is 1.05 bits per heavy atom. The molecule has 7 nitrogen and oxygen atoms in total. The van der Waals surface area contributed by atoms with Crippen LogP contribution in [0.4, 0.5) is 0 Å². The Hall–Kier alpha value is -2.18. The van der Waals surface area contributed by atoms with E-state index in [1.807, 2.05) is 0 Å². The van der Waals surface area contributed by atoms with Gasteiger partial charge in [-0.2, -0.15) is 0 Å². The van der Waals surface area contributed by atoms with Crippen LogP contribution in [-0.2, 0) is 33.4 Å². The third-order valence-electron chi connectivity index (χ3n) is 2.12. The molecule has 0 radical (unpaired) electrons. The van der Waals surface area contributed by atoms with E-state index in [0.29, 0.717) is 0 Å². The third-order valence-corrected chi connectivity index (χ3v) is 2.12. The van der Waals surface area contributed by atoms with Gasteiger partial charge in [0.15, 0.2) is 0 Å². The fraction of sp³-hybridized carbons (Fsp3) is 0.571. The van der Waals surface area contributed by atoms with Gasteiger partial charge in [0.1, 0.15) is 0 Å². The van der Waals surface area contributed by atoms with Crippen molar-refractivity contribution in [2.24, 2.45) is 5.41 Å². The minimum absolute atomic E-state index is 0.174. The van der Waals surface area contributed by atoms with E-state index in [1.165, 1.54) is 0 Å². The molecule has 0 saturated heterocycles. The molecule has 0 aliphatic carbocycles. The van der Waals surface area contributed by atoms with Crippen LogP contribution in [0.15, 0.2) is 12.2 Å². The molecule has 0 aromatic carbocycles. The van der Waals surface area contributed by atoms with Gasteiger partial charge in [-0.25, -0.2) is 14.4 Å². The van der Waals surface area contributed by atoms with E-state index < -0.39 is 35.4 Å². The summed E-state index contributed by atoms with van der Waals surface area (Å²) in [6, 6.07) is 0. The average molecular weight is 300 g/mol. The highest BCUT2D eigenvalue weighted by atomic mass is 16.6. The number of esters is 4. The van der Waals surface area contributed by atoms with Gasteiger partial charge < -0.3 is 14.2 Å². The second-order valence-electron chi connectivity index (χ2n) is 5.18. The highest BCUT2D eigenvalue weighted by Crippen LogP contribution is 2.23. The third kappa shape index (κ3) is 7.86. The molecular weight excluding hydrogens is 280 g/mol. The lowest BCUT2D eigenvalue weighted by Gasteiger charge is -2.27. The van der Waals surface area contributed by atoms with Crippen LogP contribution < -0.4 is 0 Å². The van der Waals surface area contributed by atoms with Crippen molar-refractivity contribution in [3.05, 3.63) is 12.2 Å². The lowest BCUT2D eigenvalue weighted by molar-refractivity contribution is -0.177. The van der Waals surface area contributed by atoms with Crippen molar-refractivity contribution in [1.82, 2.24) is 0 Å². The fourth-order valence-corrected chi connectivity index (χ4v) is 1.26. The summed E-state index contributed by atoms with van der Waals surface area (Å²) in [6.45, 7) is 7.79. The van der Waals surface area contributed by atoms with E-state index in [0.717, 1.165) is 19.1 Å². The molecule has 0 aromatic heterocycles. The zero-order valence-electron chi connectivity index (χ0n) is 12.8. The van der Waals surface area contributed by atoms with Gasteiger partial charge in [-0.15, -0.1) is 0 Å². The molecule has 0 bridgehead atoms. The molecular formula is C14H20O7. The summed E-state index contributed by atoms with van der Waals surface area (Å²) in [5.74, 6) is -3.38. The SMILES string of the molecule is CCOC(=O)/C=C/C(=O)OC(C(=O)OC(C)=O)C(C)(C)C. The van der Waals surface area contributed by atoms with Crippen molar-refractivity contribution in [1.29, 1.82) is 0 Å². The van der Waals surface area contributed by atoms with Gasteiger partial charge in [0, 0.05) is 24.5 Å². The van der Waals surface area contributed by atoms with Gasteiger partial charge in [0.2, 0.25) is 6.10 Å². The molecule has 21 heavy (non-hydrogen) atoms. The minimum atomic E-state index is -1.28. The Balaban J connectivity index is 4.83. The first-order valence-corrected chi connectivity index (χ1v) is 6.35. The first kappa shape index (κ1) is 18.8. The van der Waals surface area contributed by atoms with Crippen LogP contribution in [0.1, 0.15) is 34.6 Å². The molecule has 0 aliphatic rings. The minimum Gasteiger partial charge on any atom is -0.463 e. The second-order valence-corrected chi connectivity index (χ2v) is 5.18. The molecule has 0 rings (SSSR count). The topological polar surface area (TPSA) is 96.0 Å². The lowest BCUT2D eigenvalue weighted by Crippen LogP contribution is -2.40. The Bertz CT molecular complexity index is 443. The maximum Gasteiger partial charge on any atom is 0.355 e. The predicted octanol–water partition coefficient (Wildman–Crippen LogP) is 1.15. The molecule has 0 N–H and O–H groups in total. The van der Waals surface area contributed by atoms with Gasteiger partial charge in [-0.3, -0.25) is 4.79 Å². The zero-order chi connectivity index (χ0) is 16.6. The average Bonchev–Trinajstić information content (AvgIpc) is 2.31. The van der Waals surface area contributed by atoms with Gasteiger partial charge >= 0.3 is 23.9 Å². The summed E-state index contributed by atoms with van der Waals surface area (Å²) in [7, 11) is 0. The van der Waals surface area contributed by atoms with Gasteiger partial charge in [0.25, 0.3) is 0 Å².